The highest BCUT2D eigenvalue weighted by Crippen LogP contribution is 2.39. The molecule has 6 heteroatoms. The van der Waals surface area contributed by atoms with Crippen LogP contribution in [0.5, 0.6) is 5.75 Å². The van der Waals surface area contributed by atoms with Crippen molar-refractivity contribution >= 4 is 27.7 Å². The normalized spacial score (nSPS) is 19.8. The topological polar surface area (TPSA) is 67.4 Å². The summed E-state index contributed by atoms with van der Waals surface area (Å²) in [7, 11) is 1.57. The lowest BCUT2D eigenvalue weighted by Crippen LogP contribution is -2.47. The molecule has 2 amide bonds. The van der Waals surface area contributed by atoms with Gasteiger partial charge in [0.15, 0.2) is 0 Å². The van der Waals surface area contributed by atoms with Crippen molar-refractivity contribution in [1.82, 2.24) is 10.6 Å². The molecule has 34 heavy (non-hydrogen) atoms. The molecule has 0 saturated heterocycles. The van der Waals surface area contributed by atoms with Crippen LogP contribution in [0.2, 0.25) is 0 Å². The standard InChI is InChI=1S/C28H29BrN2O3/c1-34-25-13-6-5-12-24(25)27(33)30-19-28(21-9-3-2-4-10-21)16-14-23(15-17-28)31-26(32)20-8-7-11-22(29)18-20/h2-13,18,23H,14-17,19H2,1H3,(H,30,33)(H,31,32)/t23-,28+. The van der Waals surface area contributed by atoms with Crippen molar-refractivity contribution < 1.29 is 14.3 Å². The Labute approximate surface area is 209 Å². The number of nitrogens with one attached hydrogen (secondary N) is 2. The molecule has 1 saturated carbocycles. The van der Waals surface area contributed by atoms with Crippen molar-refractivity contribution in [3.05, 3.63) is 100 Å². The fraction of sp³-hybridized carbons (Fsp3) is 0.286. The van der Waals surface area contributed by atoms with Crippen LogP contribution in [0.1, 0.15) is 52.0 Å². The number of amides is 2. The Kier molecular flexibility index (Phi) is 7.68. The lowest BCUT2D eigenvalue weighted by molar-refractivity contribution is 0.0909. The summed E-state index contributed by atoms with van der Waals surface area (Å²) in [5.74, 6) is 0.369. The van der Waals surface area contributed by atoms with Gasteiger partial charge in [-0.2, -0.15) is 0 Å². The summed E-state index contributed by atoms with van der Waals surface area (Å²) in [5.41, 5.74) is 2.21. The number of carbonyl (C=O) groups is 2. The molecule has 176 valence electrons. The van der Waals surface area contributed by atoms with Gasteiger partial charge in [-0.25, -0.2) is 0 Å². The van der Waals surface area contributed by atoms with Crippen LogP contribution in [-0.4, -0.2) is 31.5 Å². The van der Waals surface area contributed by atoms with Crippen LogP contribution >= 0.6 is 15.9 Å². The van der Waals surface area contributed by atoms with Gasteiger partial charge in [-0.15, -0.1) is 0 Å². The first-order valence-corrected chi connectivity index (χ1v) is 12.3. The Morgan fingerprint density at radius 3 is 2.35 bits per heavy atom. The summed E-state index contributed by atoms with van der Waals surface area (Å²) in [6.45, 7) is 0.528. The first kappa shape index (κ1) is 24.0. The van der Waals surface area contributed by atoms with Crippen LogP contribution in [0, 0.1) is 0 Å². The molecule has 0 heterocycles. The van der Waals surface area contributed by atoms with Crippen molar-refractivity contribution in [3.63, 3.8) is 0 Å². The van der Waals surface area contributed by atoms with Crippen LogP contribution < -0.4 is 15.4 Å². The molecule has 5 nitrogen and oxygen atoms in total. The van der Waals surface area contributed by atoms with Gasteiger partial charge in [-0.3, -0.25) is 9.59 Å². The van der Waals surface area contributed by atoms with Crippen LogP contribution in [0.4, 0.5) is 0 Å². The second-order valence-corrected chi connectivity index (χ2v) is 9.70. The first-order chi connectivity index (χ1) is 16.5. The number of rotatable bonds is 7. The van der Waals surface area contributed by atoms with Crippen LogP contribution in [0.3, 0.4) is 0 Å². The van der Waals surface area contributed by atoms with Gasteiger partial charge in [0.05, 0.1) is 12.7 Å². The molecular weight excluding hydrogens is 492 g/mol. The van der Waals surface area contributed by atoms with Gasteiger partial charge >= 0.3 is 0 Å². The molecule has 0 radical (unpaired) electrons. The molecule has 3 aromatic rings. The largest absolute Gasteiger partial charge is 0.496 e. The van der Waals surface area contributed by atoms with E-state index in [9.17, 15) is 9.59 Å². The number of carbonyl (C=O) groups excluding carboxylic acids is 2. The van der Waals surface area contributed by atoms with Crippen LogP contribution in [0.15, 0.2) is 83.3 Å². The van der Waals surface area contributed by atoms with Gasteiger partial charge in [0, 0.05) is 28.0 Å². The van der Waals surface area contributed by atoms with E-state index in [2.05, 4.69) is 38.7 Å². The highest BCUT2D eigenvalue weighted by molar-refractivity contribution is 9.10. The van der Waals surface area contributed by atoms with Crippen LogP contribution in [-0.2, 0) is 5.41 Å². The van der Waals surface area contributed by atoms with Crippen LogP contribution in [0.25, 0.3) is 0 Å². The summed E-state index contributed by atoms with van der Waals surface area (Å²) in [6.07, 6.45) is 3.43. The zero-order valence-corrected chi connectivity index (χ0v) is 20.8. The number of para-hydroxylation sites is 1. The van der Waals surface area contributed by atoms with Gasteiger partial charge in [-0.05, 0) is 61.6 Å². The fourth-order valence-electron chi connectivity index (χ4n) is 4.75. The summed E-state index contributed by atoms with van der Waals surface area (Å²) in [5, 5.41) is 6.35. The highest BCUT2D eigenvalue weighted by atomic mass is 79.9. The van der Waals surface area contributed by atoms with Crippen molar-refractivity contribution in [1.29, 1.82) is 0 Å². The minimum atomic E-state index is -0.185. The average molecular weight is 521 g/mol. The van der Waals surface area contributed by atoms with E-state index < -0.39 is 0 Å². The van der Waals surface area contributed by atoms with Gasteiger partial charge in [0.2, 0.25) is 0 Å². The third-order valence-corrected chi connectivity index (χ3v) is 7.18. The maximum Gasteiger partial charge on any atom is 0.255 e. The second-order valence-electron chi connectivity index (χ2n) is 8.79. The number of benzene rings is 3. The molecule has 2 N–H and O–H groups in total. The molecule has 0 unspecified atom stereocenters. The molecule has 0 spiro atoms. The van der Waals surface area contributed by atoms with Gasteiger partial charge in [0.25, 0.3) is 11.8 Å². The molecule has 1 aliphatic carbocycles. The molecule has 1 aliphatic rings. The molecule has 0 bridgehead atoms. The lowest BCUT2D eigenvalue weighted by atomic mass is 9.68. The maximum absolute atomic E-state index is 13.0. The molecule has 0 atom stereocenters. The zero-order valence-electron chi connectivity index (χ0n) is 19.2. The monoisotopic (exact) mass is 520 g/mol. The fourth-order valence-corrected chi connectivity index (χ4v) is 5.15. The minimum absolute atomic E-state index is 0.0528. The Bertz CT molecular complexity index is 1140. The summed E-state index contributed by atoms with van der Waals surface area (Å²) < 4.78 is 6.25. The molecule has 3 aromatic carbocycles. The summed E-state index contributed by atoms with van der Waals surface area (Å²) in [4.78, 5) is 25.7. The molecule has 0 aromatic heterocycles. The lowest BCUT2D eigenvalue weighted by Gasteiger charge is -2.41. The molecule has 1 fully saturated rings. The summed E-state index contributed by atoms with van der Waals surface area (Å²) in [6, 6.07) is 25.2. The predicted molar refractivity (Wildman–Crippen MR) is 137 cm³/mol. The van der Waals surface area contributed by atoms with E-state index in [4.69, 9.17) is 4.74 Å². The van der Waals surface area contributed by atoms with E-state index in [0.717, 1.165) is 30.2 Å². The Morgan fingerprint density at radius 2 is 1.65 bits per heavy atom. The zero-order chi connectivity index (χ0) is 24.0. The first-order valence-electron chi connectivity index (χ1n) is 11.5. The van der Waals surface area contributed by atoms with E-state index >= 15 is 0 Å². The molecule has 4 rings (SSSR count). The SMILES string of the molecule is COc1ccccc1C(=O)NC[C@]1(c2ccccc2)CC[C@@H](NC(=O)c2cccc(Br)c2)CC1. The Balaban J connectivity index is 1.45. The Hall–Kier alpha value is -3.12. The Morgan fingerprint density at radius 1 is 0.941 bits per heavy atom. The van der Waals surface area contributed by atoms with Gasteiger partial charge in [-0.1, -0.05) is 64.5 Å². The third kappa shape index (κ3) is 5.50. The number of hydrogen-bond donors (Lipinski definition) is 2. The summed E-state index contributed by atoms with van der Waals surface area (Å²) >= 11 is 3.43. The minimum Gasteiger partial charge on any atom is -0.496 e. The third-order valence-electron chi connectivity index (χ3n) is 6.69. The number of hydrogen-bond acceptors (Lipinski definition) is 3. The van der Waals surface area contributed by atoms with E-state index in [1.807, 2.05) is 54.6 Å². The number of halogens is 1. The van der Waals surface area contributed by atoms with Crippen molar-refractivity contribution in [3.8, 4) is 5.75 Å². The van der Waals surface area contributed by atoms with Gasteiger partial charge in [0.1, 0.15) is 5.75 Å². The van der Waals surface area contributed by atoms with E-state index in [-0.39, 0.29) is 23.3 Å². The highest BCUT2D eigenvalue weighted by Gasteiger charge is 2.37. The quantitative estimate of drug-likeness (QED) is 0.432. The number of methoxy groups -OCH3 is 1. The smallest absolute Gasteiger partial charge is 0.255 e. The van der Waals surface area contributed by atoms with E-state index in [1.54, 1.807) is 19.2 Å². The molecular formula is C28H29BrN2O3. The van der Waals surface area contributed by atoms with Gasteiger partial charge < -0.3 is 15.4 Å². The predicted octanol–water partition coefficient (Wildman–Crippen LogP) is 5.50. The molecule has 0 aliphatic heterocycles. The average Bonchev–Trinajstić information content (AvgIpc) is 2.88. The second kappa shape index (κ2) is 10.9. The van der Waals surface area contributed by atoms with E-state index in [0.29, 0.717) is 23.4 Å². The number of ether oxygens (including phenoxy) is 1. The van der Waals surface area contributed by atoms with Crippen molar-refractivity contribution in [2.24, 2.45) is 0 Å². The van der Waals surface area contributed by atoms with E-state index in [1.165, 1.54) is 5.56 Å². The maximum atomic E-state index is 13.0. The van der Waals surface area contributed by atoms with Crippen molar-refractivity contribution in [2.75, 3.05) is 13.7 Å². The van der Waals surface area contributed by atoms with Crippen molar-refractivity contribution in [2.45, 2.75) is 37.1 Å².